The Morgan fingerprint density at radius 3 is 2.81 bits per heavy atom. The Morgan fingerprint density at radius 1 is 1.25 bits per heavy atom. The Bertz CT molecular complexity index is 359. The molecule has 2 rings (SSSR count). The maximum absolute atomic E-state index is 12.8. The second kappa shape index (κ2) is 5.64. The largest absolute Gasteiger partial charge is 0.393 e. The Balaban J connectivity index is 1.84. The van der Waals surface area contributed by atoms with Gasteiger partial charge in [-0.05, 0) is 43.4 Å². The van der Waals surface area contributed by atoms with Gasteiger partial charge in [0.15, 0.2) is 0 Å². The molecule has 1 aliphatic carbocycles. The molecule has 1 aliphatic rings. The highest BCUT2D eigenvalue weighted by Gasteiger charge is 2.13. The number of benzene rings is 1. The molecule has 0 saturated heterocycles. The Hall–Kier alpha value is -1.38. The van der Waals surface area contributed by atoms with Crippen LogP contribution in [0, 0.1) is 5.82 Å². The Kier molecular flexibility index (Phi) is 3.91. The van der Waals surface area contributed by atoms with Crippen LogP contribution in [0.4, 0.5) is 4.39 Å². The second-order valence-corrected chi connectivity index (χ2v) is 4.15. The molecule has 0 atom stereocenters. The van der Waals surface area contributed by atoms with Gasteiger partial charge in [-0.3, -0.25) is 0 Å². The van der Waals surface area contributed by atoms with Gasteiger partial charge < -0.3 is 4.84 Å². The van der Waals surface area contributed by atoms with Gasteiger partial charge in [0.1, 0.15) is 11.9 Å². The molecule has 0 heterocycles. The third-order valence-corrected chi connectivity index (χ3v) is 2.81. The molecule has 0 aromatic heterocycles. The number of oxime groups is 1. The smallest absolute Gasteiger partial charge is 0.127 e. The summed E-state index contributed by atoms with van der Waals surface area (Å²) in [7, 11) is 0. The van der Waals surface area contributed by atoms with Crippen LogP contribution in [-0.2, 0) is 4.84 Å². The van der Waals surface area contributed by atoms with Crippen molar-refractivity contribution in [3.05, 3.63) is 35.6 Å². The summed E-state index contributed by atoms with van der Waals surface area (Å²) < 4.78 is 12.8. The van der Waals surface area contributed by atoms with Crippen LogP contribution < -0.4 is 0 Å². The van der Waals surface area contributed by atoms with Crippen LogP contribution >= 0.6 is 0 Å². The van der Waals surface area contributed by atoms with Crippen molar-refractivity contribution in [2.45, 2.75) is 38.2 Å². The lowest BCUT2D eigenvalue weighted by molar-refractivity contribution is 0.0340. The average Bonchev–Trinajstić information content (AvgIpc) is 2.30. The molecule has 1 aromatic rings. The van der Waals surface area contributed by atoms with Crippen molar-refractivity contribution >= 4 is 6.21 Å². The van der Waals surface area contributed by atoms with E-state index < -0.39 is 0 Å². The van der Waals surface area contributed by atoms with Gasteiger partial charge in [0.05, 0.1) is 6.21 Å². The topological polar surface area (TPSA) is 21.6 Å². The number of nitrogens with zero attached hydrogens (tertiary/aromatic N) is 1. The number of hydrogen-bond acceptors (Lipinski definition) is 2. The summed E-state index contributed by atoms with van der Waals surface area (Å²) in [5.41, 5.74) is 0.732. The summed E-state index contributed by atoms with van der Waals surface area (Å²) in [6.45, 7) is 0. The Labute approximate surface area is 95.1 Å². The van der Waals surface area contributed by atoms with Crippen molar-refractivity contribution in [3.8, 4) is 0 Å². The van der Waals surface area contributed by atoms with E-state index in [1.54, 1.807) is 18.3 Å². The molecular formula is C13H16FNO. The van der Waals surface area contributed by atoms with Crippen LogP contribution in [0.1, 0.15) is 37.7 Å². The van der Waals surface area contributed by atoms with E-state index in [9.17, 15) is 4.39 Å². The van der Waals surface area contributed by atoms with Gasteiger partial charge in [0.25, 0.3) is 0 Å². The van der Waals surface area contributed by atoms with E-state index >= 15 is 0 Å². The second-order valence-electron chi connectivity index (χ2n) is 4.15. The van der Waals surface area contributed by atoms with Crippen molar-refractivity contribution in [1.29, 1.82) is 0 Å². The average molecular weight is 221 g/mol. The Morgan fingerprint density at radius 2 is 2.06 bits per heavy atom. The number of hydrogen-bond donors (Lipinski definition) is 0. The van der Waals surface area contributed by atoms with Crippen LogP contribution in [0.15, 0.2) is 29.4 Å². The molecule has 1 fully saturated rings. The van der Waals surface area contributed by atoms with Crippen LogP contribution in [0.5, 0.6) is 0 Å². The third kappa shape index (κ3) is 3.33. The zero-order chi connectivity index (χ0) is 11.2. The van der Waals surface area contributed by atoms with Gasteiger partial charge >= 0.3 is 0 Å². The number of halogens is 1. The summed E-state index contributed by atoms with van der Waals surface area (Å²) in [6, 6.07) is 6.32. The van der Waals surface area contributed by atoms with E-state index in [4.69, 9.17) is 4.84 Å². The lowest BCUT2D eigenvalue weighted by Crippen LogP contribution is -2.13. The van der Waals surface area contributed by atoms with Crippen LogP contribution in [0.2, 0.25) is 0 Å². The SMILES string of the molecule is Fc1cccc(C=NOC2CCCCC2)c1. The minimum Gasteiger partial charge on any atom is -0.393 e. The fraction of sp³-hybridized carbons (Fsp3) is 0.462. The van der Waals surface area contributed by atoms with Crippen molar-refractivity contribution in [1.82, 2.24) is 0 Å². The summed E-state index contributed by atoms with van der Waals surface area (Å²) in [6.07, 6.45) is 7.73. The molecule has 3 heteroatoms. The van der Waals surface area contributed by atoms with Gasteiger partial charge in [-0.1, -0.05) is 23.7 Å². The lowest BCUT2D eigenvalue weighted by Gasteiger charge is -2.18. The monoisotopic (exact) mass is 221 g/mol. The first kappa shape index (κ1) is 11.1. The summed E-state index contributed by atoms with van der Waals surface area (Å²) in [5.74, 6) is -0.249. The maximum atomic E-state index is 12.8. The van der Waals surface area contributed by atoms with E-state index in [-0.39, 0.29) is 11.9 Å². The molecule has 0 aliphatic heterocycles. The predicted molar refractivity (Wildman–Crippen MR) is 62.0 cm³/mol. The van der Waals surface area contributed by atoms with Gasteiger partial charge in [-0.2, -0.15) is 0 Å². The van der Waals surface area contributed by atoms with Crippen molar-refractivity contribution < 1.29 is 9.23 Å². The molecule has 0 unspecified atom stereocenters. The van der Waals surface area contributed by atoms with Gasteiger partial charge in [-0.25, -0.2) is 4.39 Å². The van der Waals surface area contributed by atoms with Crippen molar-refractivity contribution in [2.24, 2.45) is 5.16 Å². The summed E-state index contributed by atoms with van der Waals surface area (Å²) >= 11 is 0. The van der Waals surface area contributed by atoms with Crippen molar-refractivity contribution in [3.63, 3.8) is 0 Å². The zero-order valence-electron chi connectivity index (χ0n) is 9.23. The standard InChI is InChI=1S/C13H16FNO/c14-12-6-4-5-11(9-12)10-15-16-13-7-2-1-3-8-13/h4-6,9-10,13H,1-3,7-8H2. The first-order chi connectivity index (χ1) is 7.84. The molecular weight excluding hydrogens is 205 g/mol. The van der Waals surface area contributed by atoms with Crippen LogP contribution in [0.25, 0.3) is 0 Å². The molecule has 0 bridgehead atoms. The van der Waals surface area contributed by atoms with Gasteiger partial charge in [0.2, 0.25) is 0 Å². The van der Waals surface area contributed by atoms with Gasteiger partial charge in [0, 0.05) is 0 Å². The van der Waals surface area contributed by atoms with Crippen LogP contribution in [0.3, 0.4) is 0 Å². The molecule has 86 valence electrons. The molecule has 2 nitrogen and oxygen atoms in total. The third-order valence-electron chi connectivity index (χ3n) is 2.81. The quantitative estimate of drug-likeness (QED) is 0.565. The van der Waals surface area contributed by atoms with E-state index in [1.807, 2.05) is 0 Å². The molecule has 1 saturated carbocycles. The zero-order valence-corrected chi connectivity index (χ0v) is 9.23. The lowest BCUT2D eigenvalue weighted by atomic mass is 9.98. The van der Waals surface area contributed by atoms with E-state index in [0.29, 0.717) is 0 Å². The first-order valence-electron chi connectivity index (χ1n) is 5.79. The predicted octanol–water partition coefficient (Wildman–Crippen LogP) is 3.51. The number of rotatable bonds is 3. The molecule has 0 radical (unpaired) electrons. The van der Waals surface area contributed by atoms with E-state index in [2.05, 4.69) is 5.16 Å². The minimum absolute atomic E-state index is 0.249. The maximum Gasteiger partial charge on any atom is 0.127 e. The van der Waals surface area contributed by atoms with Crippen LogP contribution in [-0.4, -0.2) is 12.3 Å². The molecule has 0 spiro atoms. The van der Waals surface area contributed by atoms with Crippen molar-refractivity contribution in [2.75, 3.05) is 0 Å². The highest BCUT2D eigenvalue weighted by Crippen LogP contribution is 2.20. The molecule has 0 N–H and O–H groups in total. The minimum atomic E-state index is -0.249. The first-order valence-corrected chi connectivity index (χ1v) is 5.79. The van der Waals surface area contributed by atoms with E-state index in [1.165, 1.54) is 31.4 Å². The molecule has 1 aromatic carbocycles. The fourth-order valence-corrected chi connectivity index (χ4v) is 1.93. The highest BCUT2D eigenvalue weighted by molar-refractivity contribution is 5.78. The normalized spacial score (nSPS) is 17.8. The highest BCUT2D eigenvalue weighted by atomic mass is 19.1. The molecule has 16 heavy (non-hydrogen) atoms. The summed E-state index contributed by atoms with van der Waals surface area (Å²) in [5, 5.41) is 3.91. The molecule has 0 amide bonds. The van der Waals surface area contributed by atoms with Gasteiger partial charge in [-0.15, -0.1) is 0 Å². The fourth-order valence-electron chi connectivity index (χ4n) is 1.93. The summed E-state index contributed by atoms with van der Waals surface area (Å²) in [4.78, 5) is 5.37. The van der Waals surface area contributed by atoms with E-state index in [0.717, 1.165) is 18.4 Å².